The molecular formula is C14H15N3O6S2. The van der Waals surface area contributed by atoms with Crippen LogP contribution in [0.3, 0.4) is 0 Å². The summed E-state index contributed by atoms with van der Waals surface area (Å²) in [5, 5.41) is 7.69. The monoisotopic (exact) mass is 385 g/mol. The largest absolute Gasteiger partial charge is 0.399 e. The van der Waals surface area contributed by atoms with Gasteiger partial charge in [0.15, 0.2) is 0 Å². The van der Waals surface area contributed by atoms with Crippen molar-refractivity contribution >= 4 is 37.3 Å². The van der Waals surface area contributed by atoms with Gasteiger partial charge < -0.3 is 5.73 Å². The average molecular weight is 385 g/mol. The minimum Gasteiger partial charge on any atom is -0.399 e. The second kappa shape index (κ2) is 6.52. The van der Waals surface area contributed by atoms with Gasteiger partial charge in [0.2, 0.25) is 0 Å². The van der Waals surface area contributed by atoms with Crippen molar-refractivity contribution in [2.45, 2.75) is 23.6 Å². The van der Waals surface area contributed by atoms with Gasteiger partial charge in [-0.15, -0.1) is 5.11 Å². The van der Waals surface area contributed by atoms with Gasteiger partial charge in [-0.05, 0) is 55.3 Å². The maximum atomic E-state index is 11.5. The molecule has 0 fully saturated rings. The first-order valence-electron chi connectivity index (χ1n) is 6.77. The second-order valence-electron chi connectivity index (χ2n) is 5.27. The molecule has 2 aromatic carbocycles. The molecule has 0 spiro atoms. The Bertz CT molecular complexity index is 1080. The number of hydrogen-bond acceptors (Lipinski definition) is 7. The standard InChI is InChI=1S/C14H15N3O6S2/c1-8-6-13(9(2)5-11(8)15)17-16-12-4-3-10(24(18,19)20)7-14(12)25(21,22)23/h3-7H,15H2,1-2H3,(H,18,19,20)(H,21,22,23). The SMILES string of the molecule is Cc1cc(N=Nc2ccc(S(=O)(=O)O)cc2S(=O)(=O)O)c(C)cc1N. The predicted octanol–water partition coefficient (Wildman–Crippen LogP) is 2.79. The highest BCUT2D eigenvalue weighted by Gasteiger charge is 2.20. The normalized spacial score (nSPS) is 12.6. The number of aryl methyl sites for hydroxylation is 2. The van der Waals surface area contributed by atoms with Gasteiger partial charge in [0, 0.05) is 5.69 Å². The van der Waals surface area contributed by atoms with Crippen molar-refractivity contribution in [3.63, 3.8) is 0 Å². The van der Waals surface area contributed by atoms with Gasteiger partial charge in [0.1, 0.15) is 10.6 Å². The average Bonchev–Trinajstić information content (AvgIpc) is 2.47. The first-order chi connectivity index (χ1) is 11.4. The van der Waals surface area contributed by atoms with Gasteiger partial charge in [-0.2, -0.15) is 21.9 Å². The molecule has 0 amide bonds. The van der Waals surface area contributed by atoms with Gasteiger partial charge in [0.05, 0.1) is 10.6 Å². The molecule has 11 heteroatoms. The lowest BCUT2D eigenvalue weighted by Crippen LogP contribution is -2.03. The van der Waals surface area contributed by atoms with E-state index in [-0.39, 0.29) is 5.69 Å². The van der Waals surface area contributed by atoms with Crippen molar-refractivity contribution in [3.8, 4) is 0 Å². The van der Waals surface area contributed by atoms with Crippen LogP contribution in [0, 0.1) is 13.8 Å². The number of anilines is 1. The molecule has 0 unspecified atom stereocenters. The molecule has 0 heterocycles. The van der Waals surface area contributed by atoms with Gasteiger partial charge in [0.25, 0.3) is 20.2 Å². The molecule has 0 saturated heterocycles. The predicted molar refractivity (Wildman–Crippen MR) is 90.6 cm³/mol. The van der Waals surface area contributed by atoms with Crippen molar-refractivity contribution in [1.29, 1.82) is 0 Å². The molecule has 134 valence electrons. The van der Waals surface area contributed by atoms with Crippen LogP contribution in [0.25, 0.3) is 0 Å². The summed E-state index contributed by atoms with van der Waals surface area (Å²) in [5.41, 5.74) is 7.90. The van der Waals surface area contributed by atoms with E-state index in [9.17, 15) is 21.4 Å². The zero-order valence-electron chi connectivity index (χ0n) is 13.2. The number of hydrogen-bond donors (Lipinski definition) is 3. The van der Waals surface area contributed by atoms with E-state index < -0.39 is 30.0 Å². The number of azo groups is 1. The third kappa shape index (κ3) is 4.39. The molecule has 9 nitrogen and oxygen atoms in total. The van der Waals surface area contributed by atoms with Crippen LogP contribution in [-0.4, -0.2) is 25.9 Å². The number of rotatable bonds is 4. The van der Waals surface area contributed by atoms with E-state index in [4.69, 9.17) is 10.3 Å². The van der Waals surface area contributed by atoms with Crippen LogP contribution < -0.4 is 5.73 Å². The van der Waals surface area contributed by atoms with Crippen LogP contribution in [0.4, 0.5) is 17.1 Å². The van der Waals surface area contributed by atoms with E-state index in [1.807, 2.05) is 0 Å². The molecule has 0 saturated carbocycles. The van der Waals surface area contributed by atoms with Crippen LogP contribution in [0.2, 0.25) is 0 Å². The smallest absolute Gasteiger partial charge is 0.296 e. The molecule has 25 heavy (non-hydrogen) atoms. The summed E-state index contributed by atoms with van der Waals surface area (Å²) in [5.74, 6) is 0. The summed E-state index contributed by atoms with van der Waals surface area (Å²) >= 11 is 0. The maximum absolute atomic E-state index is 11.5. The molecule has 2 aromatic rings. The van der Waals surface area contributed by atoms with Crippen LogP contribution in [0.15, 0.2) is 50.4 Å². The molecule has 0 aliphatic heterocycles. The van der Waals surface area contributed by atoms with E-state index in [0.717, 1.165) is 17.7 Å². The van der Waals surface area contributed by atoms with Crippen molar-refractivity contribution in [1.82, 2.24) is 0 Å². The van der Waals surface area contributed by atoms with Gasteiger partial charge in [-0.25, -0.2) is 0 Å². The zero-order chi connectivity index (χ0) is 19.0. The Labute approximate surface area is 144 Å². The Morgan fingerprint density at radius 3 is 2.00 bits per heavy atom. The fourth-order valence-electron chi connectivity index (χ4n) is 1.98. The van der Waals surface area contributed by atoms with Crippen LogP contribution in [-0.2, 0) is 20.2 Å². The summed E-state index contributed by atoms with van der Waals surface area (Å²) in [7, 11) is -9.44. The highest BCUT2D eigenvalue weighted by Crippen LogP contribution is 2.31. The van der Waals surface area contributed by atoms with E-state index in [2.05, 4.69) is 10.2 Å². The number of benzene rings is 2. The summed E-state index contributed by atoms with van der Waals surface area (Å²) < 4.78 is 63.5. The van der Waals surface area contributed by atoms with E-state index in [0.29, 0.717) is 23.0 Å². The molecule has 0 bridgehead atoms. The molecular weight excluding hydrogens is 370 g/mol. The Hall–Kier alpha value is -2.34. The molecule has 2 rings (SSSR count). The lowest BCUT2D eigenvalue weighted by atomic mass is 10.1. The number of nitrogens with zero attached hydrogens (tertiary/aromatic N) is 2. The second-order valence-corrected chi connectivity index (χ2v) is 8.09. The molecule has 0 aromatic heterocycles. The van der Waals surface area contributed by atoms with Crippen LogP contribution in [0.5, 0.6) is 0 Å². The summed E-state index contributed by atoms with van der Waals surface area (Å²) in [6.45, 7) is 3.49. The van der Waals surface area contributed by atoms with E-state index >= 15 is 0 Å². The number of nitrogens with two attached hydrogens (primary N) is 1. The third-order valence-corrected chi connectivity index (χ3v) is 5.09. The Morgan fingerprint density at radius 1 is 0.840 bits per heavy atom. The van der Waals surface area contributed by atoms with Crippen molar-refractivity contribution < 1.29 is 25.9 Å². The Kier molecular flexibility index (Phi) is 4.95. The minimum atomic E-state index is -4.79. The van der Waals surface area contributed by atoms with Crippen molar-refractivity contribution in [2.24, 2.45) is 10.2 Å². The summed E-state index contributed by atoms with van der Waals surface area (Å²) in [4.78, 5) is -1.49. The molecule has 0 atom stereocenters. The quantitative estimate of drug-likeness (QED) is 0.414. The molecule has 4 N–H and O–H groups in total. The fourth-order valence-corrected chi connectivity index (χ4v) is 3.21. The topological polar surface area (TPSA) is 159 Å². The van der Waals surface area contributed by atoms with E-state index in [1.165, 1.54) is 0 Å². The highest BCUT2D eigenvalue weighted by atomic mass is 32.2. The lowest BCUT2D eigenvalue weighted by Gasteiger charge is -2.06. The summed E-state index contributed by atoms with van der Waals surface area (Å²) in [6.07, 6.45) is 0. The zero-order valence-corrected chi connectivity index (χ0v) is 14.8. The highest BCUT2D eigenvalue weighted by molar-refractivity contribution is 7.86. The number of nitrogen functional groups attached to an aromatic ring is 1. The minimum absolute atomic E-state index is 0.288. The first-order valence-corrected chi connectivity index (χ1v) is 9.65. The van der Waals surface area contributed by atoms with Gasteiger partial charge in [-0.1, -0.05) is 0 Å². The van der Waals surface area contributed by atoms with Gasteiger partial charge in [-0.3, -0.25) is 9.11 Å². The van der Waals surface area contributed by atoms with Crippen molar-refractivity contribution in [2.75, 3.05) is 5.73 Å². The Morgan fingerprint density at radius 2 is 1.44 bits per heavy atom. The van der Waals surface area contributed by atoms with Crippen LogP contribution in [0.1, 0.15) is 11.1 Å². The van der Waals surface area contributed by atoms with Crippen molar-refractivity contribution in [3.05, 3.63) is 41.5 Å². The molecule has 0 aliphatic carbocycles. The molecule has 0 aliphatic rings. The maximum Gasteiger partial charge on any atom is 0.296 e. The first kappa shape index (κ1) is 19.0. The lowest BCUT2D eigenvalue weighted by molar-refractivity contribution is 0.481. The van der Waals surface area contributed by atoms with E-state index in [1.54, 1.807) is 26.0 Å². The third-order valence-electron chi connectivity index (χ3n) is 3.36. The van der Waals surface area contributed by atoms with Gasteiger partial charge >= 0.3 is 0 Å². The molecule has 0 radical (unpaired) electrons. The fraction of sp³-hybridized carbons (Fsp3) is 0.143. The van der Waals surface area contributed by atoms with Crippen LogP contribution >= 0.6 is 0 Å². The summed E-state index contributed by atoms with van der Waals surface area (Å²) in [6, 6.07) is 5.87. The Balaban J connectivity index is 2.59.